The van der Waals surface area contributed by atoms with Crippen molar-refractivity contribution >= 4 is 27.5 Å². The number of nitrogens with one attached hydrogen (secondary N) is 2. The fraction of sp³-hybridized carbons (Fsp3) is 0.391. The Balaban J connectivity index is 1.55. The summed E-state index contributed by atoms with van der Waals surface area (Å²) in [7, 11) is -2.07. The zero-order valence-corrected chi connectivity index (χ0v) is 19.2. The minimum Gasteiger partial charge on any atom is -0.497 e. The molecule has 1 saturated heterocycles. The Kier molecular flexibility index (Phi) is 7.87. The van der Waals surface area contributed by atoms with Gasteiger partial charge in [-0.2, -0.15) is 4.31 Å². The molecule has 0 spiro atoms. The van der Waals surface area contributed by atoms with Crippen molar-refractivity contribution < 1.29 is 22.7 Å². The van der Waals surface area contributed by atoms with Crippen molar-refractivity contribution in [2.24, 2.45) is 0 Å². The van der Waals surface area contributed by atoms with E-state index in [0.29, 0.717) is 24.4 Å². The third-order valence-corrected chi connectivity index (χ3v) is 7.48. The van der Waals surface area contributed by atoms with E-state index in [9.17, 15) is 18.0 Å². The normalized spacial score (nSPS) is 16.9. The van der Waals surface area contributed by atoms with Crippen LogP contribution < -0.4 is 15.4 Å². The topological polar surface area (TPSA) is 105 Å². The number of methoxy groups -OCH3 is 1. The summed E-state index contributed by atoms with van der Waals surface area (Å²) >= 11 is 0. The molecular weight excluding hydrogens is 430 g/mol. The number of carbonyl (C=O) groups is 2. The molecule has 2 aromatic carbocycles. The Bertz CT molecular complexity index is 1040. The molecule has 1 heterocycles. The third-order valence-electron chi connectivity index (χ3n) is 5.52. The zero-order valence-electron chi connectivity index (χ0n) is 18.3. The lowest BCUT2D eigenvalue weighted by molar-refractivity contribution is -0.136. The Morgan fingerprint density at radius 2 is 1.72 bits per heavy atom. The molecule has 172 valence electrons. The maximum Gasteiger partial charge on any atom is 0.313 e. The van der Waals surface area contributed by atoms with Crippen molar-refractivity contribution in [2.75, 3.05) is 25.5 Å². The molecule has 0 saturated carbocycles. The van der Waals surface area contributed by atoms with Gasteiger partial charge < -0.3 is 15.4 Å². The first-order valence-corrected chi connectivity index (χ1v) is 12.1. The van der Waals surface area contributed by atoms with Gasteiger partial charge in [0.25, 0.3) is 0 Å². The van der Waals surface area contributed by atoms with Crippen LogP contribution >= 0.6 is 0 Å². The van der Waals surface area contributed by atoms with Gasteiger partial charge in [-0.25, -0.2) is 8.42 Å². The van der Waals surface area contributed by atoms with Gasteiger partial charge >= 0.3 is 11.8 Å². The third kappa shape index (κ3) is 5.86. The van der Waals surface area contributed by atoms with Gasteiger partial charge in [0.2, 0.25) is 10.0 Å². The number of anilines is 1. The highest BCUT2D eigenvalue weighted by Crippen LogP contribution is 2.27. The maximum atomic E-state index is 13.1. The number of hydrogen-bond donors (Lipinski definition) is 2. The highest BCUT2D eigenvalue weighted by Gasteiger charge is 2.33. The molecule has 32 heavy (non-hydrogen) atoms. The van der Waals surface area contributed by atoms with Gasteiger partial charge in [0.05, 0.1) is 12.0 Å². The molecule has 0 radical (unpaired) electrons. The number of benzene rings is 2. The van der Waals surface area contributed by atoms with Gasteiger partial charge in [0.1, 0.15) is 5.75 Å². The summed E-state index contributed by atoms with van der Waals surface area (Å²) in [4.78, 5) is 24.6. The molecule has 3 rings (SSSR count). The molecule has 2 amide bonds. The van der Waals surface area contributed by atoms with E-state index < -0.39 is 21.8 Å². The van der Waals surface area contributed by atoms with Crippen LogP contribution in [0.15, 0.2) is 53.4 Å². The molecule has 0 aromatic heterocycles. The minimum absolute atomic E-state index is 0.208. The second-order valence-corrected chi connectivity index (χ2v) is 9.70. The lowest BCUT2D eigenvalue weighted by atomic mass is 10.0. The molecule has 2 aromatic rings. The fourth-order valence-electron chi connectivity index (χ4n) is 3.72. The molecule has 1 fully saturated rings. The molecular formula is C23H29N3O5S. The van der Waals surface area contributed by atoms with E-state index in [1.54, 1.807) is 55.6 Å². The Morgan fingerprint density at radius 3 is 2.38 bits per heavy atom. The van der Waals surface area contributed by atoms with E-state index in [0.717, 1.165) is 24.8 Å². The Morgan fingerprint density at radius 1 is 1.03 bits per heavy atom. The van der Waals surface area contributed by atoms with Crippen LogP contribution in [-0.2, 0) is 19.6 Å². The number of rotatable bonds is 7. The number of ether oxygens (including phenoxy) is 1. The van der Waals surface area contributed by atoms with E-state index in [2.05, 4.69) is 10.6 Å². The predicted molar refractivity (Wildman–Crippen MR) is 122 cm³/mol. The smallest absolute Gasteiger partial charge is 0.313 e. The van der Waals surface area contributed by atoms with Crippen molar-refractivity contribution in [2.45, 2.75) is 43.5 Å². The summed E-state index contributed by atoms with van der Waals surface area (Å²) < 4.78 is 32.8. The van der Waals surface area contributed by atoms with Crippen LogP contribution in [0.25, 0.3) is 0 Å². The molecule has 9 heteroatoms. The molecule has 0 aliphatic carbocycles. The van der Waals surface area contributed by atoms with Crippen LogP contribution in [0.2, 0.25) is 0 Å². The van der Waals surface area contributed by atoms with E-state index in [1.165, 1.54) is 4.31 Å². The van der Waals surface area contributed by atoms with Crippen LogP contribution in [0.1, 0.15) is 31.2 Å². The molecule has 0 bridgehead atoms. The van der Waals surface area contributed by atoms with Crippen molar-refractivity contribution in [1.82, 2.24) is 9.62 Å². The summed E-state index contributed by atoms with van der Waals surface area (Å²) in [5, 5.41) is 5.12. The van der Waals surface area contributed by atoms with Crippen molar-refractivity contribution in [1.29, 1.82) is 0 Å². The number of piperidine rings is 1. The van der Waals surface area contributed by atoms with E-state index in [-0.39, 0.29) is 17.5 Å². The second kappa shape index (κ2) is 10.6. The van der Waals surface area contributed by atoms with Gasteiger partial charge in [-0.15, -0.1) is 0 Å². The number of nitrogens with zero attached hydrogens (tertiary/aromatic N) is 1. The van der Waals surface area contributed by atoms with E-state index in [4.69, 9.17) is 4.74 Å². The molecule has 2 N–H and O–H groups in total. The van der Waals surface area contributed by atoms with Gasteiger partial charge in [0.15, 0.2) is 0 Å². The number of aryl methyl sites for hydroxylation is 1. The van der Waals surface area contributed by atoms with Crippen LogP contribution in [0.5, 0.6) is 5.75 Å². The summed E-state index contributed by atoms with van der Waals surface area (Å²) in [5.74, 6) is -0.891. The number of sulfonamides is 1. The van der Waals surface area contributed by atoms with E-state index >= 15 is 0 Å². The monoisotopic (exact) mass is 459 g/mol. The fourth-order valence-corrected chi connectivity index (χ4v) is 5.44. The molecule has 1 aliphatic rings. The van der Waals surface area contributed by atoms with Crippen molar-refractivity contribution in [3.05, 3.63) is 54.1 Å². The van der Waals surface area contributed by atoms with Gasteiger partial charge in [-0.3, -0.25) is 9.59 Å². The van der Waals surface area contributed by atoms with Gasteiger partial charge in [0, 0.05) is 24.8 Å². The van der Waals surface area contributed by atoms with Gasteiger partial charge in [-0.1, -0.05) is 24.1 Å². The second-order valence-electron chi connectivity index (χ2n) is 7.81. The summed E-state index contributed by atoms with van der Waals surface area (Å²) in [6.07, 6.45) is 2.89. The standard InChI is InChI=1S/C23H29N3O5S/c1-17-6-12-21(13-7-17)32(29,30)26-16-4-3-5-19(26)14-15-24-22(27)23(28)25-18-8-10-20(31-2)11-9-18/h6-13,19H,3-5,14-16H2,1-2H3,(H,24,27)(H,25,28)/t19-/m1/s1. The van der Waals surface area contributed by atoms with Crippen LogP contribution in [0, 0.1) is 6.92 Å². The lowest BCUT2D eigenvalue weighted by Crippen LogP contribution is -2.45. The first-order chi connectivity index (χ1) is 15.3. The highest BCUT2D eigenvalue weighted by atomic mass is 32.2. The quantitative estimate of drug-likeness (QED) is 0.620. The molecule has 0 unspecified atom stereocenters. The average molecular weight is 460 g/mol. The van der Waals surface area contributed by atoms with Gasteiger partial charge in [-0.05, 0) is 62.6 Å². The van der Waals surface area contributed by atoms with Crippen molar-refractivity contribution in [3.8, 4) is 5.75 Å². The first-order valence-electron chi connectivity index (χ1n) is 10.6. The largest absolute Gasteiger partial charge is 0.497 e. The average Bonchev–Trinajstić information content (AvgIpc) is 2.80. The number of amides is 2. The summed E-state index contributed by atoms with van der Waals surface area (Å²) in [6, 6.07) is 13.2. The Labute approximate surface area is 189 Å². The SMILES string of the molecule is COc1ccc(NC(=O)C(=O)NCC[C@H]2CCCCN2S(=O)(=O)c2ccc(C)cc2)cc1. The van der Waals surface area contributed by atoms with Crippen molar-refractivity contribution in [3.63, 3.8) is 0 Å². The highest BCUT2D eigenvalue weighted by molar-refractivity contribution is 7.89. The first kappa shape index (κ1) is 23.7. The predicted octanol–water partition coefficient (Wildman–Crippen LogP) is 2.69. The van der Waals surface area contributed by atoms with Crippen LogP contribution in [0.4, 0.5) is 5.69 Å². The van der Waals surface area contributed by atoms with E-state index in [1.807, 2.05) is 6.92 Å². The lowest BCUT2D eigenvalue weighted by Gasteiger charge is -2.34. The molecule has 1 aliphatic heterocycles. The maximum absolute atomic E-state index is 13.1. The number of carbonyl (C=O) groups excluding carboxylic acids is 2. The van der Waals surface area contributed by atoms with Crippen LogP contribution in [0.3, 0.4) is 0 Å². The Hall–Kier alpha value is -2.91. The van der Waals surface area contributed by atoms with Crippen LogP contribution in [-0.4, -0.2) is 50.8 Å². The molecule has 1 atom stereocenters. The number of hydrogen-bond acceptors (Lipinski definition) is 5. The minimum atomic E-state index is -3.61. The summed E-state index contributed by atoms with van der Waals surface area (Å²) in [5.41, 5.74) is 1.48. The zero-order chi connectivity index (χ0) is 23.1. The summed E-state index contributed by atoms with van der Waals surface area (Å²) in [6.45, 7) is 2.57. The molecule has 8 nitrogen and oxygen atoms in total.